The normalized spacial score (nSPS) is 11.0. The number of carbonyl (C=O) groups excluding carboxylic acids is 1. The highest BCUT2D eigenvalue weighted by Gasteiger charge is 2.22. The van der Waals surface area contributed by atoms with E-state index in [4.69, 9.17) is 0 Å². The van der Waals surface area contributed by atoms with E-state index in [0.717, 1.165) is 36.3 Å². The molecule has 3 aromatic rings. The molecule has 150 valence electrons. The topological polar surface area (TPSA) is 33.5 Å². The predicted molar refractivity (Wildman–Crippen MR) is 119 cm³/mol. The second kappa shape index (κ2) is 10.6. The van der Waals surface area contributed by atoms with E-state index in [1.54, 1.807) is 4.90 Å². The maximum Gasteiger partial charge on any atom is 0.232 e. The van der Waals surface area contributed by atoms with Gasteiger partial charge in [-0.2, -0.15) is 0 Å². The van der Waals surface area contributed by atoms with Crippen LogP contribution in [0.1, 0.15) is 42.0 Å². The van der Waals surface area contributed by atoms with Gasteiger partial charge in [-0.25, -0.2) is 0 Å². The van der Waals surface area contributed by atoms with Gasteiger partial charge in [-0.3, -0.25) is 4.79 Å². The Bertz CT molecular complexity index is 832. The number of nitrogens with one attached hydrogen (secondary N) is 2. The first-order valence-corrected chi connectivity index (χ1v) is 10.5. The molecule has 0 spiro atoms. The number of hydrogen-bond donors (Lipinski definition) is 2. The van der Waals surface area contributed by atoms with Crippen LogP contribution in [-0.2, 0) is 17.9 Å². The van der Waals surface area contributed by atoms with Crippen molar-refractivity contribution in [1.82, 2.24) is 5.32 Å². The first kappa shape index (κ1) is 20.8. The smallest absolute Gasteiger partial charge is 0.232 e. The SMILES string of the molecule is CC[NH+](CC)Cc1ccc(CNC(=O)C(c2ccccc2)c2ccccc2)cc1. The summed E-state index contributed by atoms with van der Waals surface area (Å²) >= 11 is 0. The van der Waals surface area contributed by atoms with Crippen molar-refractivity contribution in [1.29, 1.82) is 0 Å². The molecule has 0 bridgehead atoms. The van der Waals surface area contributed by atoms with Crippen molar-refractivity contribution in [3.63, 3.8) is 0 Å². The van der Waals surface area contributed by atoms with Crippen molar-refractivity contribution in [3.05, 3.63) is 107 Å². The van der Waals surface area contributed by atoms with Crippen LogP contribution in [0, 0.1) is 0 Å². The molecule has 0 heterocycles. The Morgan fingerprint density at radius 2 is 1.24 bits per heavy atom. The number of benzene rings is 3. The number of carbonyl (C=O) groups is 1. The molecule has 0 atom stereocenters. The third-order valence-corrected chi connectivity index (χ3v) is 5.47. The molecule has 3 rings (SSSR count). The lowest BCUT2D eigenvalue weighted by Crippen LogP contribution is -3.10. The van der Waals surface area contributed by atoms with Gasteiger partial charge in [0, 0.05) is 12.1 Å². The summed E-state index contributed by atoms with van der Waals surface area (Å²) in [6.45, 7) is 8.29. The van der Waals surface area contributed by atoms with E-state index in [-0.39, 0.29) is 11.8 Å². The molecule has 3 heteroatoms. The molecule has 0 radical (unpaired) electrons. The van der Waals surface area contributed by atoms with Gasteiger partial charge < -0.3 is 10.2 Å². The number of quaternary nitrogens is 1. The van der Waals surface area contributed by atoms with Crippen LogP contribution in [0.4, 0.5) is 0 Å². The van der Waals surface area contributed by atoms with Gasteiger partial charge in [-0.05, 0) is 30.5 Å². The van der Waals surface area contributed by atoms with Gasteiger partial charge in [-0.1, -0.05) is 84.9 Å². The Hall–Kier alpha value is -2.91. The molecule has 0 saturated carbocycles. The third kappa shape index (κ3) is 5.78. The first-order chi connectivity index (χ1) is 14.2. The van der Waals surface area contributed by atoms with Crippen molar-refractivity contribution >= 4 is 5.91 Å². The zero-order valence-electron chi connectivity index (χ0n) is 17.4. The van der Waals surface area contributed by atoms with Gasteiger partial charge in [0.05, 0.1) is 19.0 Å². The van der Waals surface area contributed by atoms with E-state index in [2.05, 4.69) is 43.4 Å². The molecule has 0 fully saturated rings. The fourth-order valence-electron chi connectivity index (χ4n) is 3.64. The highest BCUT2D eigenvalue weighted by molar-refractivity contribution is 5.87. The fourth-order valence-corrected chi connectivity index (χ4v) is 3.64. The molecule has 1 amide bonds. The molecular weight excluding hydrogens is 356 g/mol. The highest BCUT2D eigenvalue weighted by Crippen LogP contribution is 2.24. The number of amides is 1. The van der Waals surface area contributed by atoms with E-state index in [1.807, 2.05) is 60.7 Å². The summed E-state index contributed by atoms with van der Waals surface area (Å²) in [6.07, 6.45) is 0. The lowest BCUT2D eigenvalue weighted by molar-refractivity contribution is -0.910. The molecule has 3 nitrogen and oxygen atoms in total. The standard InChI is InChI=1S/C26H30N2O/c1-3-28(4-2)20-22-17-15-21(16-18-22)19-27-26(29)25(23-11-7-5-8-12-23)24-13-9-6-10-14-24/h5-18,25H,3-4,19-20H2,1-2H3,(H,27,29)/p+1. The average molecular weight is 388 g/mol. The fraction of sp³-hybridized carbons (Fsp3) is 0.269. The van der Waals surface area contributed by atoms with Crippen LogP contribution < -0.4 is 10.2 Å². The lowest BCUT2D eigenvalue weighted by Gasteiger charge is -2.18. The van der Waals surface area contributed by atoms with Gasteiger partial charge in [0.1, 0.15) is 6.54 Å². The lowest BCUT2D eigenvalue weighted by atomic mass is 9.90. The molecule has 29 heavy (non-hydrogen) atoms. The van der Waals surface area contributed by atoms with Crippen molar-refractivity contribution in [3.8, 4) is 0 Å². The van der Waals surface area contributed by atoms with Gasteiger partial charge in [0.2, 0.25) is 5.91 Å². The van der Waals surface area contributed by atoms with E-state index < -0.39 is 0 Å². The van der Waals surface area contributed by atoms with Crippen molar-refractivity contribution in [2.75, 3.05) is 13.1 Å². The zero-order valence-corrected chi connectivity index (χ0v) is 17.4. The van der Waals surface area contributed by atoms with E-state index in [1.165, 1.54) is 5.56 Å². The monoisotopic (exact) mass is 387 g/mol. The van der Waals surface area contributed by atoms with Crippen LogP contribution in [0.25, 0.3) is 0 Å². The Morgan fingerprint density at radius 1 is 0.759 bits per heavy atom. The second-order valence-corrected chi connectivity index (χ2v) is 7.42. The minimum absolute atomic E-state index is 0.0269. The minimum atomic E-state index is -0.303. The molecule has 0 aliphatic carbocycles. The molecule has 0 aliphatic rings. The third-order valence-electron chi connectivity index (χ3n) is 5.47. The van der Waals surface area contributed by atoms with Crippen LogP contribution in [0.5, 0.6) is 0 Å². The Morgan fingerprint density at radius 3 is 1.72 bits per heavy atom. The number of rotatable bonds is 9. The average Bonchev–Trinajstić information content (AvgIpc) is 2.78. The van der Waals surface area contributed by atoms with Gasteiger partial charge >= 0.3 is 0 Å². The summed E-state index contributed by atoms with van der Waals surface area (Å²) in [7, 11) is 0. The summed E-state index contributed by atoms with van der Waals surface area (Å²) in [5.74, 6) is -0.276. The van der Waals surface area contributed by atoms with Crippen LogP contribution in [-0.4, -0.2) is 19.0 Å². The van der Waals surface area contributed by atoms with Crippen LogP contribution >= 0.6 is 0 Å². The Labute approximate surface area is 174 Å². The van der Waals surface area contributed by atoms with Crippen LogP contribution in [0.3, 0.4) is 0 Å². The Kier molecular flexibility index (Phi) is 7.60. The van der Waals surface area contributed by atoms with Crippen molar-refractivity contribution in [2.24, 2.45) is 0 Å². The molecule has 3 aromatic carbocycles. The van der Waals surface area contributed by atoms with E-state index in [9.17, 15) is 4.79 Å². The zero-order chi connectivity index (χ0) is 20.5. The van der Waals surface area contributed by atoms with E-state index in [0.29, 0.717) is 6.54 Å². The summed E-state index contributed by atoms with van der Waals surface area (Å²) in [6, 6.07) is 28.5. The second-order valence-electron chi connectivity index (χ2n) is 7.42. The van der Waals surface area contributed by atoms with E-state index >= 15 is 0 Å². The molecule has 2 N–H and O–H groups in total. The van der Waals surface area contributed by atoms with Crippen molar-refractivity contribution in [2.45, 2.75) is 32.9 Å². The molecule has 0 saturated heterocycles. The summed E-state index contributed by atoms with van der Waals surface area (Å²) < 4.78 is 0. The van der Waals surface area contributed by atoms with Gasteiger partial charge in [-0.15, -0.1) is 0 Å². The van der Waals surface area contributed by atoms with Crippen LogP contribution in [0.2, 0.25) is 0 Å². The minimum Gasteiger partial charge on any atom is -0.351 e. The summed E-state index contributed by atoms with van der Waals surface area (Å²) in [5, 5.41) is 3.13. The maximum atomic E-state index is 13.1. The van der Waals surface area contributed by atoms with Crippen LogP contribution in [0.15, 0.2) is 84.9 Å². The molecule has 0 aromatic heterocycles. The maximum absolute atomic E-state index is 13.1. The summed E-state index contributed by atoms with van der Waals surface area (Å²) in [5.41, 5.74) is 4.48. The summed E-state index contributed by atoms with van der Waals surface area (Å²) in [4.78, 5) is 14.7. The molecule has 0 aliphatic heterocycles. The number of hydrogen-bond acceptors (Lipinski definition) is 1. The molecular formula is C26H31N2O+. The Balaban J connectivity index is 1.67. The van der Waals surface area contributed by atoms with Crippen molar-refractivity contribution < 1.29 is 9.69 Å². The first-order valence-electron chi connectivity index (χ1n) is 10.5. The molecule has 0 unspecified atom stereocenters. The van der Waals surface area contributed by atoms with Gasteiger partial charge in [0.25, 0.3) is 0 Å². The quantitative estimate of drug-likeness (QED) is 0.578. The highest BCUT2D eigenvalue weighted by atomic mass is 16.1. The van der Waals surface area contributed by atoms with Gasteiger partial charge in [0.15, 0.2) is 0 Å². The largest absolute Gasteiger partial charge is 0.351 e. The predicted octanol–water partition coefficient (Wildman–Crippen LogP) is 3.56.